The summed E-state index contributed by atoms with van der Waals surface area (Å²) in [6.45, 7) is 0. The molecule has 1 saturated heterocycles. The van der Waals surface area contributed by atoms with Crippen molar-refractivity contribution in [3.8, 4) is 0 Å². The number of aryl methyl sites for hydroxylation is 1. The molecule has 2 heterocycles. The van der Waals surface area contributed by atoms with E-state index in [2.05, 4.69) is 5.32 Å². The number of nitrogens with one attached hydrogen (secondary N) is 1. The van der Waals surface area contributed by atoms with Gasteiger partial charge in [0.05, 0.1) is 0 Å². The van der Waals surface area contributed by atoms with Gasteiger partial charge in [-0.15, -0.1) is 0 Å². The second-order valence-electron chi connectivity index (χ2n) is 5.83. The summed E-state index contributed by atoms with van der Waals surface area (Å²) in [6, 6.07) is 3.85. The molecule has 0 aromatic carbocycles. The Morgan fingerprint density at radius 2 is 2.00 bits per heavy atom. The van der Waals surface area contributed by atoms with E-state index in [1.807, 2.05) is 29.9 Å². The van der Waals surface area contributed by atoms with Crippen LogP contribution in [0.15, 0.2) is 23.9 Å². The molecule has 116 valence electrons. The molecule has 6 heteroatoms. The molecule has 0 atom stereocenters. The molecule has 0 spiro atoms. The highest BCUT2D eigenvalue weighted by Gasteiger charge is 2.38. The van der Waals surface area contributed by atoms with E-state index in [0.717, 1.165) is 31.4 Å². The van der Waals surface area contributed by atoms with E-state index < -0.39 is 5.91 Å². The molecule has 1 aliphatic heterocycles. The number of rotatable bonds is 2. The molecule has 0 unspecified atom stereocenters. The number of thiocarbonyl (C=S) groups is 1. The van der Waals surface area contributed by atoms with Gasteiger partial charge in [0.2, 0.25) is 0 Å². The van der Waals surface area contributed by atoms with Crippen LogP contribution in [0.1, 0.15) is 37.8 Å². The van der Waals surface area contributed by atoms with Gasteiger partial charge in [0, 0.05) is 25.0 Å². The van der Waals surface area contributed by atoms with E-state index in [1.165, 1.54) is 6.42 Å². The number of carbonyl (C=O) groups is 2. The summed E-state index contributed by atoms with van der Waals surface area (Å²) in [6.07, 6.45) is 8.79. The van der Waals surface area contributed by atoms with Gasteiger partial charge < -0.3 is 4.57 Å². The lowest BCUT2D eigenvalue weighted by atomic mass is 9.93. The first-order valence-electron chi connectivity index (χ1n) is 7.60. The molecule has 2 amide bonds. The molecule has 5 nitrogen and oxygen atoms in total. The molecule has 0 bridgehead atoms. The number of carbonyl (C=O) groups excluding carboxylic acids is 2. The number of hydrogen-bond acceptors (Lipinski definition) is 3. The monoisotopic (exact) mass is 317 g/mol. The Balaban J connectivity index is 1.92. The summed E-state index contributed by atoms with van der Waals surface area (Å²) in [5.41, 5.74) is 0.968. The smallest absolute Gasteiger partial charge is 0.265 e. The molecule has 1 N–H and O–H groups in total. The predicted molar refractivity (Wildman–Crippen MR) is 87.8 cm³/mol. The first kappa shape index (κ1) is 15.0. The highest BCUT2D eigenvalue weighted by atomic mass is 32.1. The number of hydrogen-bond donors (Lipinski definition) is 1. The Kier molecular flexibility index (Phi) is 4.11. The maximum atomic E-state index is 12.8. The van der Waals surface area contributed by atoms with Gasteiger partial charge in [-0.05, 0) is 43.3 Å². The fourth-order valence-corrected chi connectivity index (χ4v) is 3.44. The van der Waals surface area contributed by atoms with Gasteiger partial charge in [-0.1, -0.05) is 19.3 Å². The topological polar surface area (TPSA) is 54.3 Å². The maximum absolute atomic E-state index is 12.8. The third-order valence-electron chi connectivity index (χ3n) is 4.35. The van der Waals surface area contributed by atoms with Gasteiger partial charge in [0.1, 0.15) is 5.57 Å². The van der Waals surface area contributed by atoms with Crippen LogP contribution in [0.2, 0.25) is 0 Å². The van der Waals surface area contributed by atoms with Crippen LogP contribution < -0.4 is 5.32 Å². The molecule has 3 rings (SSSR count). The summed E-state index contributed by atoms with van der Waals surface area (Å²) in [5, 5.41) is 2.90. The van der Waals surface area contributed by atoms with Gasteiger partial charge >= 0.3 is 0 Å². The summed E-state index contributed by atoms with van der Waals surface area (Å²) in [5.74, 6) is -0.690. The SMILES string of the molecule is Cn1cccc1/C=C1\C(=O)NC(=S)N(C2CCCCC2)C1=O. The molecule has 2 fully saturated rings. The second-order valence-corrected chi connectivity index (χ2v) is 6.21. The summed E-state index contributed by atoms with van der Waals surface area (Å²) < 4.78 is 1.87. The predicted octanol–water partition coefficient (Wildman–Crippen LogP) is 1.98. The minimum absolute atomic E-state index is 0.103. The Bertz CT molecular complexity index is 656. The Hall–Kier alpha value is -1.95. The molecular formula is C16H19N3O2S. The number of nitrogens with zero attached hydrogens (tertiary/aromatic N) is 2. The Labute approximate surface area is 135 Å². The first-order chi connectivity index (χ1) is 10.6. The van der Waals surface area contributed by atoms with Crippen molar-refractivity contribution in [2.24, 2.45) is 7.05 Å². The quantitative estimate of drug-likeness (QED) is 0.515. The van der Waals surface area contributed by atoms with Crippen LogP contribution in [0.5, 0.6) is 0 Å². The van der Waals surface area contributed by atoms with Crippen molar-refractivity contribution in [2.45, 2.75) is 38.1 Å². The molecule has 0 radical (unpaired) electrons. The van der Waals surface area contributed by atoms with E-state index in [0.29, 0.717) is 0 Å². The Morgan fingerprint density at radius 3 is 2.64 bits per heavy atom. The second kappa shape index (κ2) is 6.04. The molecule has 1 aromatic heterocycles. The van der Waals surface area contributed by atoms with Crippen LogP contribution >= 0.6 is 12.2 Å². The van der Waals surface area contributed by atoms with E-state index in [-0.39, 0.29) is 22.6 Å². The van der Waals surface area contributed by atoms with Crippen LogP contribution in [0.4, 0.5) is 0 Å². The van der Waals surface area contributed by atoms with Crippen LogP contribution in [-0.4, -0.2) is 32.4 Å². The first-order valence-corrected chi connectivity index (χ1v) is 8.00. The standard InChI is InChI=1S/C16H19N3O2S/c1-18-9-5-8-12(18)10-13-14(20)17-16(22)19(15(13)21)11-6-3-2-4-7-11/h5,8-11H,2-4,6-7H2,1H3,(H,17,20,22)/b13-10+. The van der Waals surface area contributed by atoms with Gasteiger partial charge in [0.15, 0.2) is 5.11 Å². The molecule has 1 saturated carbocycles. The minimum atomic E-state index is -0.414. The number of aromatic nitrogens is 1. The Morgan fingerprint density at radius 1 is 1.27 bits per heavy atom. The fourth-order valence-electron chi connectivity index (χ4n) is 3.11. The van der Waals surface area contributed by atoms with Crippen molar-refractivity contribution < 1.29 is 9.59 Å². The molecule has 1 aromatic rings. The third kappa shape index (κ3) is 2.70. The summed E-state index contributed by atoms with van der Waals surface area (Å²) in [7, 11) is 1.88. The minimum Gasteiger partial charge on any atom is -0.351 e. The zero-order valence-corrected chi connectivity index (χ0v) is 13.4. The van der Waals surface area contributed by atoms with Gasteiger partial charge in [-0.3, -0.25) is 19.8 Å². The molecule has 1 aliphatic carbocycles. The maximum Gasteiger partial charge on any atom is 0.265 e. The zero-order chi connectivity index (χ0) is 15.7. The lowest BCUT2D eigenvalue weighted by Crippen LogP contribution is -2.57. The lowest BCUT2D eigenvalue weighted by molar-refractivity contribution is -0.130. The highest BCUT2D eigenvalue weighted by Crippen LogP contribution is 2.26. The lowest BCUT2D eigenvalue weighted by Gasteiger charge is -2.37. The molecular weight excluding hydrogens is 298 g/mol. The normalized spacial score (nSPS) is 22.3. The third-order valence-corrected chi connectivity index (χ3v) is 4.65. The van der Waals surface area contributed by atoms with E-state index in [9.17, 15) is 9.59 Å². The largest absolute Gasteiger partial charge is 0.351 e. The number of amides is 2. The average Bonchev–Trinajstić information content (AvgIpc) is 2.89. The van der Waals surface area contributed by atoms with Gasteiger partial charge in [0.25, 0.3) is 11.8 Å². The van der Waals surface area contributed by atoms with E-state index >= 15 is 0 Å². The average molecular weight is 317 g/mol. The van der Waals surface area contributed by atoms with Crippen molar-refractivity contribution in [1.82, 2.24) is 14.8 Å². The molecule has 2 aliphatic rings. The molecule has 22 heavy (non-hydrogen) atoms. The van der Waals surface area contributed by atoms with E-state index in [1.54, 1.807) is 11.0 Å². The van der Waals surface area contributed by atoms with Crippen LogP contribution in [0.25, 0.3) is 6.08 Å². The van der Waals surface area contributed by atoms with E-state index in [4.69, 9.17) is 12.2 Å². The van der Waals surface area contributed by atoms with Crippen LogP contribution in [-0.2, 0) is 16.6 Å². The van der Waals surface area contributed by atoms with Crippen molar-refractivity contribution in [3.63, 3.8) is 0 Å². The van der Waals surface area contributed by atoms with Crippen LogP contribution in [0, 0.1) is 0 Å². The van der Waals surface area contributed by atoms with Gasteiger partial charge in [-0.25, -0.2) is 0 Å². The van der Waals surface area contributed by atoms with Crippen molar-refractivity contribution >= 4 is 35.2 Å². The summed E-state index contributed by atoms with van der Waals surface area (Å²) in [4.78, 5) is 26.5. The fraction of sp³-hybridized carbons (Fsp3) is 0.438. The highest BCUT2D eigenvalue weighted by molar-refractivity contribution is 7.80. The van der Waals surface area contributed by atoms with Crippen molar-refractivity contribution in [3.05, 3.63) is 29.6 Å². The zero-order valence-electron chi connectivity index (χ0n) is 12.5. The van der Waals surface area contributed by atoms with Gasteiger partial charge in [-0.2, -0.15) is 0 Å². The summed E-state index contributed by atoms with van der Waals surface area (Å²) >= 11 is 5.23. The van der Waals surface area contributed by atoms with Crippen molar-refractivity contribution in [2.75, 3.05) is 0 Å². The van der Waals surface area contributed by atoms with Crippen molar-refractivity contribution in [1.29, 1.82) is 0 Å². The van der Waals surface area contributed by atoms with Crippen LogP contribution in [0.3, 0.4) is 0 Å².